The quantitative estimate of drug-likeness (QED) is 0.828. The third-order valence-corrected chi connectivity index (χ3v) is 3.81. The van der Waals surface area contributed by atoms with Gasteiger partial charge in [-0.15, -0.1) is 0 Å². The Balaban J connectivity index is 2.40. The zero-order valence-corrected chi connectivity index (χ0v) is 12.6. The van der Waals surface area contributed by atoms with Crippen molar-refractivity contribution >= 4 is 17.7 Å². The van der Waals surface area contributed by atoms with Crippen LogP contribution >= 0.6 is 11.8 Å². The second-order valence-corrected chi connectivity index (χ2v) is 5.63. The molecule has 0 amide bonds. The van der Waals surface area contributed by atoms with Crippen LogP contribution in [0.4, 0.5) is 0 Å². The SMILES string of the molecule is CCn1cc(-n2c(C(C)C)cnc2SCC(=O)O)cn1. The van der Waals surface area contributed by atoms with Crippen LogP contribution < -0.4 is 0 Å². The van der Waals surface area contributed by atoms with Crippen molar-refractivity contribution in [3.8, 4) is 5.69 Å². The van der Waals surface area contributed by atoms with Gasteiger partial charge in [0.25, 0.3) is 0 Å². The zero-order valence-electron chi connectivity index (χ0n) is 11.8. The lowest BCUT2D eigenvalue weighted by Crippen LogP contribution is -2.05. The highest BCUT2D eigenvalue weighted by Crippen LogP contribution is 2.27. The number of aliphatic carboxylic acids is 1. The van der Waals surface area contributed by atoms with Crippen molar-refractivity contribution in [2.75, 3.05) is 5.75 Å². The van der Waals surface area contributed by atoms with Gasteiger partial charge in [-0.05, 0) is 12.8 Å². The van der Waals surface area contributed by atoms with Crippen molar-refractivity contribution in [2.45, 2.75) is 38.4 Å². The van der Waals surface area contributed by atoms with E-state index in [1.165, 1.54) is 11.8 Å². The van der Waals surface area contributed by atoms with Crippen LogP contribution in [-0.4, -0.2) is 36.2 Å². The minimum atomic E-state index is -0.847. The number of aryl methyl sites for hydroxylation is 1. The Labute approximate surface area is 121 Å². The van der Waals surface area contributed by atoms with Crippen LogP contribution in [0.3, 0.4) is 0 Å². The number of nitrogens with zero attached hydrogens (tertiary/aromatic N) is 4. The third kappa shape index (κ3) is 3.04. The number of carboxylic acid groups (broad SMARTS) is 1. The molecule has 2 heterocycles. The van der Waals surface area contributed by atoms with E-state index < -0.39 is 5.97 Å². The highest BCUT2D eigenvalue weighted by atomic mass is 32.2. The maximum atomic E-state index is 10.7. The second kappa shape index (κ2) is 6.13. The molecule has 0 spiro atoms. The average molecular weight is 294 g/mol. The summed E-state index contributed by atoms with van der Waals surface area (Å²) in [5.41, 5.74) is 1.97. The molecule has 0 radical (unpaired) electrons. The van der Waals surface area contributed by atoms with E-state index in [4.69, 9.17) is 5.11 Å². The van der Waals surface area contributed by atoms with Gasteiger partial charge in [0.05, 0.1) is 23.8 Å². The van der Waals surface area contributed by atoms with E-state index in [1.54, 1.807) is 12.4 Å². The highest BCUT2D eigenvalue weighted by Gasteiger charge is 2.17. The summed E-state index contributed by atoms with van der Waals surface area (Å²) in [7, 11) is 0. The van der Waals surface area contributed by atoms with Crippen molar-refractivity contribution in [3.63, 3.8) is 0 Å². The molecule has 0 aliphatic rings. The molecule has 0 bridgehead atoms. The standard InChI is InChI=1S/C13H18N4O2S/c1-4-16-7-10(5-15-16)17-11(9(2)3)6-14-13(17)20-8-12(18)19/h5-7,9H,4,8H2,1-3H3,(H,18,19). The fourth-order valence-corrected chi connectivity index (χ4v) is 2.60. The van der Waals surface area contributed by atoms with Crippen LogP contribution in [0.25, 0.3) is 5.69 Å². The van der Waals surface area contributed by atoms with E-state index in [1.807, 2.05) is 22.4 Å². The lowest BCUT2D eigenvalue weighted by Gasteiger charge is -2.11. The van der Waals surface area contributed by atoms with E-state index in [0.717, 1.165) is 17.9 Å². The molecular weight excluding hydrogens is 276 g/mol. The Morgan fingerprint density at radius 3 is 2.75 bits per heavy atom. The summed E-state index contributed by atoms with van der Waals surface area (Å²) < 4.78 is 3.82. The van der Waals surface area contributed by atoms with Crippen LogP contribution in [-0.2, 0) is 11.3 Å². The van der Waals surface area contributed by atoms with E-state index >= 15 is 0 Å². The van der Waals surface area contributed by atoms with Crippen molar-refractivity contribution < 1.29 is 9.90 Å². The Bertz CT molecular complexity index is 603. The fourth-order valence-electron chi connectivity index (χ4n) is 1.88. The Kier molecular flexibility index (Phi) is 4.49. The van der Waals surface area contributed by atoms with Gasteiger partial charge in [0.1, 0.15) is 0 Å². The first-order valence-corrected chi connectivity index (χ1v) is 7.46. The van der Waals surface area contributed by atoms with Gasteiger partial charge in [0.2, 0.25) is 0 Å². The van der Waals surface area contributed by atoms with Gasteiger partial charge in [0, 0.05) is 18.4 Å². The molecule has 0 aliphatic carbocycles. The fraction of sp³-hybridized carbons (Fsp3) is 0.462. The molecule has 0 saturated heterocycles. The summed E-state index contributed by atoms with van der Waals surface area (Å²) in [5, 5.41) is 13.8. The maximum absolute atomic E-state index is 10.7. The van der Waals surface area contributed by atoms with Gasteiger partial charge in [-0.3, -0.25) is 14.0 Å². The molecule has 0 unspecified atom stereocenters. The number of rotatable bonds is 6. The van der Waals surface area contributed by atoms with E-state index in [0.29, 0.717) is 11.1 Å². The van der Waals surface area contributed by atoms with Crippen LogP contribution in [0.5, 0.6) is 0 Å². The molecule has 2 aromatic rings. The normalized spacial score (nSPS) is 11.2. The second-order valence-electron chi connectivity index (χ2n) is 4.69. The molecule has 6 nitrogen and oxygen atoms in total. The topological polar surface area (TPSA) is 72.9 Å². The Morgan fingerprint density at radius 1 is 1.45 bits per heavy atom. The molecule has 0 saturated carbocycles. The van der Waals surface area contributed by atoms with Gasteiger partial charge in [-0.2, -0.15) is 5.10 Å². The molecule has 7 heteroatoms. The van der Waals surface area contributed by atoms with Gasteiger partial charge in [-0.1, -0.05) is 25.6 Å². The summed E-state index contributed by atoms with van der Waals surface area (Å²) in [4.78, 5) is 15.1. The summed E-state index contributed by atoms with van der Waals surface area (Å²) >= 11 is 1.22. The predicted octanol–water partition coefficient (Wildman–Crippen LogP) is 2.39. The van der Waals surface area contributed by atoms with Gasteiger partial charge in [0.15, 0.2) is 5.16 Å². The number of aromatic nitrogens is 4. The molecule has 0 aromatic carbocycles. The number of thioether (sulfide) groups is 1. The first kappa shape index (κ1) is 14.6. The number of carboxylic acids is 1. The monoisotopic (exact) mass is 294 g/mol. The molecule has 2 rings (SSSR count). The largest absolute Gasteiger partial charge is 0.481 e. The molecule has 20 heavy (non-hydrogen) atoms. The highest BCUT2D eigenvalue weighted by molar-refractivity contribution is 7.99. The van der Waals surface area contributed by atoms with Crippen LogP contribution in [0.2, 0.25) is 0 Å². The Hall–Kier alpha value is -1.76. The smallest absolute Gasteiger partial charge is 0.313 e. The minimum Gasteiger partial charge on any atom is -0.481 e. The lowest BCUT2D eigenvalue weighted by molar-refractivity contribution is -0.133. The molecular formula is C13H18N4O2S. The predicted molar refractivity (Wildman–Crippen MR) is 77.5 cm³/mol. The van der Waals surface area contributed by atoms with E-state index in [2.05, 4.69) is 23.9 Å². The molecule has 0 fully saturated rings. The third-order valence-electron chi connectivity index (χ3n) is 2.87. The molecule has 1 N–H and O–H groups in total. The van der Waals surface area contributed by atoms with Crippen molar-refractivity contribution in [1.29, 1.82) is 0 Å². The number of hydrogen-bond donors (Lipinski definition) is 1. The van der Waals surface area contributed by atoms with Crippen LogP contribution in [0.15, 0.2) is 23.7 Å². The first-order chi connectivity index (χ1) is 9.52. The number of hydrogen-bond acceptors (Lipinski definition) is 4. The molecule has 0 aliphatic heterocycles. The molecule has 108 valence electrons. The van der Waals surface area contributed by atoms with Crippen molar-refractivity contribution in [1.82, 2.24) is 19.3 Å². The molecule has 2 aromatic heterocycles. The zero-order chi connectivity index (χ0) is 14.7. The summed E-state index contributed by atoms with van der Waals surface area (Å²) in [6.07, 6.45) is 5.53. The summed E-state index contributed by atoms with van der Waals surface area (Å²) in [6.45, 7) is 6.99. The van der Waals surface area contributed by atoms with Gasteiger partial charge < -0.3 is 5.11 Å². The van der Waals surface area contributed by atoms with Gasteiger partial charge >= 0.3 is 5.97 Å². The van der Waals surface area contributed by atoms with Crippen molar-refractivity contribution in [2.24, 2.45) is 0 Å². The van der Waals surface area contributed by atoms with E-state index in [9.17, 15) is 4.79 Å². The minimum absolute atomic E-state index is 0.00351. The Morgan fingerprint density at radius 2 is 2.20 bits per heavy atom. The van der Waals surface area contributed by atoms with Crippen LogP contribution in [0, 0.1) is 0 Å². The number of carbonyl (C=O) groups is 1. The van der Waals surface area contributed by atoms with Gasteiger partial charge in [-0.25, -0.2) is 4.98 Å². The average Bonchev–Trinajstić information content (AvgIpc) is 3.02. The maximum Gasteiger partial charge on any atom is 0.313 e. The van der Waals surface area contributed by atoms with Crippen LogP contribution in [0.1, 0.15) is 32.4 Å². The molecule has 0 atom stereocenters. The first-order valence-electron chi connectivity index (χ1n) is 6.48. The number of imidazole rings is 1. The summed E-state index contributed by atoms with van der Waals surface area (Å²) in [5.74, 6) is -0.553. The lowest BCUT2D eigenvalue weighted by atomic mass is 10.1. The van der Waals surface area contributed by atoms with E-state index in [-0.39, 0.29) is 5.75 Å². The summed E-state index contributed by atoms with van der Waals surface area (Å²) in [6, 6.07) is 0. The van der Waals surface area contributed by atoms with Crippen molar-refractivity contribution in [3.05, 3.63) is 24.3 Å².